The van der Waals surface area contributed by atoms with E-state index in [-0.39, 0.29) is 0 Å². The van der Waals surface area contributed by atoms with E-state index in [4.69, 9.17) is 0 Å². The van der Waals surface area contributed by atoms with E-state index >= 15 is 0 Å². The molecule has 10 aromatic carbocycles. The summed E-state index contributed by atoms with van der Waals surface area (Å²) in [5.41, 5.74) is 7.76. The summed E-state index contributed by atoms with van der Waals surface area (Å²) in [6.45, 7) is 2.11. The number of aryl methyl sites for hydroxylation is 1. The van der Waals surface area contributed by atoms with Gasteiger partial charge in [0.25, 0.3) is 0 Å². The molecular weight excluding hydrogens is 637 g/mol. The van der Waals surface area contributed by atoms with Gasteiger partial charge in [-0.1, -0.05) is 132 Å². The molecular formula is C53H32. The van der Waals surface area contributed by atoms with Crippen LogP contribution in [0.2, 0.25) is 0 Å². The van der Waals surface area contributed by atoms with E-state index in [1.807, 2.05) is 18.2 Å². The average Bonchev–Trinajstić information content (AvgIpc) is 3.20. The van der Waals surface area contributed by atoms with E-state index in [0.717, 1.165) is 27.6 Å². The van der Waals surface area contributed by atoms with Gasteiger partial charge in [0.2, 0.25) is 0 Å². The first-order chi connectivity index (χ1) is 26.1. The smallest absolute Gasteiger partial charge is 0.0406 e. The molecule has 244 valence electrons. The number of fused-ring (bicyclic) bond motifs is 6. The number of hydrogen-bond donors (Lipinski definition) is 0. The molecule has 0 aliphatic rings. The highest BCUT2D eigenvalue weighted by Crippen LogP contribution is 2.36. The summed E-state index contributed by atoms with van der Waals surface area (Å²) in [5.74, 6) is 14.1. The molecule has 0 unspecified atom stereocenters. The van der Waals surface area contributed by atoms with Crippen molar-refractivity contribution in [1.82, 2.24) is 0 Å². The van der Waals surface area contributed by atoms with Crippen molar-refractivity contribution >= 4 is 64.6 Å². The maximum Gasteiger partial charge on any atom is 0.0406 e. The van der Waals surface area contributed by atoms with Crippen molar-refractivity contribution in [3.8, 4) is 34.8 Å². The van der Waals surface area contributed by atoms with E-state index in [9.17, 15) is 0 Å². The molecule has 0 atom stereocenters. The molecule has 0 spiro atoms. The van der Waals surface area contributed by atoms with Crippen LogP contribution in [-0.2, 0) is 0 Å². The Morgan fingerprint density at radius 3 is 1.47 bits per heavy atom. The zero-order valence-corrected chi connectivity index (χ0v) is 29.2. The lowest BCUT2D eigenvalue weighted by Crippen LogP contribution is -1.88. The number of rotatable bonds is 1. The third-order valence-electron chi connectivity index (χ3n) is 10.5. The van der Waals surface area contributed by atoms with Crippen LogP contribution in [0.4, 0.5) is 0 Å². The van der Waals surface area contributed by atoms with Gasteiger partial charge in [-0.05, 0) is 155 Å². The third-order valence-corrected chi connectivity index (χ3v) is 10.5. The molecule has 0 aliphatic carbocycles. The van der Waals surface area contributed by atoms with Crippen LogP contribution in [0.25, 0.3) is 75.8 Å². The maximum absolute atomic E-state index is 3.59. The molecule has 0 bridgehead atoms. The monoisotopic (exact) mass is 668 g/mol. The van der Waals surface area contributed by atoms with E-state index < -0.39 is 0 Å². The Morgan fingerprint density at radius 2 is 0.755 bits per heavy atom. The van der Waals surface area contributed by atoms with Crippen molar-refractivity contribution in [3.05, 3.63) is 204 Å². The van der Waals surface area contributed by atoms with E-state index in [1.54, 1.807) is 0 Å². The molecule has 10 aromatic rings. The second kappa shape index (κ2) is 12.6. The molecule has 0 radical (unpaired) electrons. The lowest BCUT2D eigenvalue weighted by molar-refractivity contribution is 1.46. The van der Waals surface area contributed by atoms with Crippen LogP contribution in [0, 0.1) is 30.6 Å². The van der Waals surface area contributed by atoms with Crippen LogP contribution in [0.15, 0.2) is 176 Å². The molecule has 0 heteroatoms. The summed E-state index contributed by atoms with van der Waals surface area (Å²) >= 11 is 0. The largest absolute Gasteiger partial charge is 0.0622 e. The highest BCUT2D eigenvalue weighted by Gasteiger charge is 2.12. The van der Waals surface area contributed by atoms with Crippen molar-refractivity contribution in [2.24, 2.45) is 0 Å². The zero-order valence-electron chi connectivity index (χ0n) is 29.2. The second-order valence-electron chi connectivity index (χ2n) is 13.9. The van der Waals surface area contributed by atoms with Crippen molar-refractivity contribution in [2.45, 2.75) is 6.92 Å². The fraction of sp³-hybridized carbons (Fsp3) is 0.0189. The van der Waals surface area contributed by atoms with E-state index in [2.05, 4.69) is 188 Å². The molecule has 0 saturated carbocycles. The molecule has 10 rings (SSSR count). The fourth-order valence-electron chi connectivity index (χ4n) is 7.69. The van der Waals surface area contributed by atoms with Crippen molar-refractivity contribution < 1.29 is 0 Å². The van der Waals surface area contributed by atoms with Crippen LogP contribution in [0.3, 0.4) is 0 Å². The molecule has 53 heavy (non-hydrogen) atoms. The van der Waals surface area contributed by atoms with Crippen molar-refractivity contribution in [2.75, 3.05) is 0 Å². The Balaban J connectivity index is 1.14. The first-order valence-electron chi connectivity index (χ1n) is 18.1. The lowest BCUT2D eigenvalue weighted by atomic mass is 9.91. The molecule has 0 aromatic heterocycles. The summed E-state index contributed by atoms with van der Waals surface area (Å²) in [4.78, 5) is 0. The fourth-order valence-corrected chi connectivity index (χ4v) is 7.69. The Hall–Kier alpha value is -7.12. The first-order valence-corrected chi connectivity index (χ1v) is 18.1. The minimum atomic E-state index is 1.01. The van der Waals surface area contributed by atoms with Crippen molar-refractivity contribution in [3.63, 3.8) is 0 Å². The molecule has 0 aliphatic heterocycles. The van der Waals surface area contributed by atoms with Crippen LogP contribution in [0.1, 0.15) is 27.8 Å². The van der Waals surface area contributed by atoms with Gasteiger partial charge < -0.3 is 0 Å². The maximum atomic E-state index is 3.59. The molecule has 0 saturated heterocycles. The zero-order chi connectivity index (χ0) is 35.3. The Bertz CT molecular complexity index is 3210. The predicted molar refractivity (Wildman–Crippen MR) is 226 cm³/mol. The van der Waals surface area contributed by atoms with Gasteiger partial charge in [0.15, 0.2) is 0 Å². The SMILES string of the molecule is Cc1ccc(C#Cc2c3ccccc3cc3cc4ccc(-c5ccc6c(C#Cc7ccccc7)c7cc8ccccc8cc7cc6c5)cc4cc23)cc1. The van der Waals surface area contributed by atoms with Crippen molar-refractivity contribution in [1.29, 1.82) is 0 Å². The average molecular weight is 669 g/mol. The number of benzene rings is 10. The lowest BCUT2D eigenvalue weighted by Gasteiger charge is -2.12. The first kappa shape index (κ1) is 30.7. The molecule has 0 N–H and O–H groups in total. The molecule has 0 fully saturated rings. The standard InChI is InChI=1S/C53H32/c1-35-15-17-37(18-16-35)20-25-50-48-14-8-7-13-43(48)31-46-30-42-22-21-40(27-44(42)34-53(46)50)41-23-26-49-45(29-41)32-47-28-38-11-5-6-12-39(38)33-52(47)51(49)24-19-36-9-3-2-4-10-36/h2-18,21-23,26-34H,1H3. The van der Waals surface area contributed by atoms with Gasteiger partial charge in [0.05, 0.1) is 0 Å². The van der Waals surface area contributed by atoms with Crippen LogP contribution in [-0.4, -0.2) is 0 Å². The van der Waals surface area contributed by atoms with Gasteiger partial charge in [-0.2, -0.15) is 0 Å². The topological polar surface area (TPSA) is 0 Å². The molecule has 0 heterocycles. The Labute approximate surface area is 309 Å². The second-order valence-corrected chi connectivity index (χ2v) is 13.9. The van der Waals surface area contributed by atoms with Crippen LogP contribution >= 0.6 is 0 Å². The molecule has 0 nitrogen and oxygen atoms in total. The van der Waals surface area contributed by atoms with Gasteiger partial charge >= 0.3 is 0 Å². The summed E-state index contributed by atoms with van der Waals surface area (Å²) in [7, 11) is 0. The highest BCUT2D eigenvalue weighted by molar-refractivity contribution is 6.12. The third kappa shape index (κ3) is 5.65. The Morgan fingerprint density at radius 1 is 0.283 bits per heavy atom. The van der Waals surface area contributed by atoms with Gasteiger partial charge in [-0.15, -0.1) is 0 Å². The summed E-state index contributed by atoms with van der Waals surface area (Å²) in [6.07, 6.45) is 0. The van der Waals surface area contributed by atoms with Gasteiger partial charge in [-0.25, -0.2) is 0 Å². The highest BCUT2D eigenvalue weighted by atomic mass is 14.1. The Kier molecular flexibility index (Phi) is 7.28. The predicted octanol–water partition coefficient (Wildman–Crippen LogP) is 13.4. The van der Waals surface area contributed by atoms with Gasteiger partial charge in [-0.3, -0.25) is 0 Å². The summed E-state index contributed by atoms with van der Waals surface area (Å²) in [6, 6.07) is 63.4. The number of hydrogen-bond acceptors (Lipinski definition) is 0. The molecule has 0 amide bonds. The van der Waals surface area contributed by atoms with Gasteiger partial charge in [0, 0.05) is 22.3 Å². The van der Waals surface area contributed by atoms with E-state index in [0.29, 0.717) is 0 Å². The van der Waals surface area contributed by atoms with Crippen LogP contribution < -0.4 is 0 Å². The minimum Gasteiger partial charge on any atom is -0.0622 e. The van der Waals surface area contributed by atoms with Crippen LogP contribution in [0.5, 0.6) is 0 Å². The summed E-state index contributed by atoms with van der Waals surface area (Å²) < 4.78 is 0. The quantitative estimate of drug-likeness (QED) is 0.121. The normalized spacial score (nSPS) is 11.2. The summed E-state index contributed by atoms with van der Waals surface area (Å²) in [5, 5.41) is 14.3. The minimum absolute atomic E-state index is 1.01. The van der Waals surface area contributed by atoms with E-state index in [1.165, 1.54) is 75.9 Å². The van der Waals surface area contributed by atoms with Gasteiger partial charge in [0.1, 0.15) is 0 Å².